The van der Waals surface area contributed by atoms with Crippen LogP contribution >= 0.6 is 11.8 Å². The Bertz CT molecular complexity index is 263. The molecule has 3 nitrogen and oxygen atoms in total. The third kappa shape index (κ3) is 2.85. The van der Waals surface area contributed by atoms with Gasteiger partial charge in [-0.2, -0.15) is 11.8 Å². The standard InChI is InChI=1S/C12H20N2OS.C2H6/c15-12(9-3-5-16-6-4-9)14-10-1-2-11(14)8-13-7-10;1-2/h9-11,13H,1-8H2;1-2H3. The van der Waals surface area contributed by atoms with Gasteiger partial charge in [0.25, 0.3) is 0 Å². The second-order valence-electron chi connectivity index (χ2n) is 5.18. The summed E-state index contributed by atoms with van der Waals surface area (Å²) < 4.78 is 0. The topological polar surface area (TPSA) is 32.3 Å². The predicted molar refractivity (Wildman–Crippen MR) is 77.9 cm³/mol. The van der Waals surface area contributed by atoms with Crippen molar-refractivity contribution in [3.8, 4) is 0 Å². The highest BCUT2D eigenvalue weighted by atomic mass is 32.2. The monoisotopic (exact) mass is 270 g/mol. The molecule has 3 heterocycles. The molecule has 104 valence electrons. The average Bonchev–Trinajstić information content (AvgIpc) is 2.70. The van der Waals surface area contributed by atoms with Crippen molar-refractivity contribution in [1.82, 2.24) is 10.2 Å². The van der Waals surface area contributed by atoms with Crippen molar-refractivity contribution in [1.29, 1.82) is 0 Å². The lowest BCUT2D eigenvalue weighted by atomic mass is 9.99. The molecule has 2 atom stereocenters. The van der Waals surface area contributed by atoms with Crippen LogP contribution in [0.25, 0.3) is 0 Å². The van der Waals surface area contributed by atoms with Crippen LogP contribution in [0.4, 0.5) is 0 Å². The summed E-state index contributed by atoms with van der Waals surface area (Å²) >= 11 is 2.00. The van der Waals surface area contributed by atoms with Crippen molar-refractivity contribution in [3.63, 3.8) is 0 Å². The van der Waals surface area contributed by atoms with Crippen LogP contribution in [-0.4, -0.2) is 47.5 Å². The molecule has 0 aromatic carbocycles. The Morgan fingerprint density at radius 2 is 1.61 bits per heavy atom. The zero-order chi connectivity index (χ0) is 13.0. The normalized spacial score (nSPS) is 31.8. The molecule has 3 aliphatic heterocycles. The minimum Gasteiger partial charge on any atom is -0.334 e. The molecule has 3 saturated heterocycles. The fraction of sp³-hybridized carbons (Fsp3) is 0.929. The van der Waals surface area contributed by atoms with Gasteiger partial charge in [-0.1, -0.05) is 13.8 Å². The molecule has 0 aromatic rings. The zero-order valence-corrected chi connectivity index (χ0v) is 12.5. The van der Waals surface area contributed by atoms with Gasteiger partial charge in [0.05, 0.1) is 0 Å². The van der Waals surface area contributed by atoms with Crippen LogP contribution in [0.2, 0.25) is 0 Å². The number of nitrogens with zero attached hydrogens (tertiary/aromatic N) is 1. The van der Waals surface area contributed by atoms with E-state index in [0.29, 0.717) is 23.9 Å². The maximum absolute atomic E-state index is 12.5. The number of nitrogens with one attached hydrogen (secondary N) is 1. The molecule has 4 heteroatoms. The molecule has 1 N–H and O–H groups in total. The lowest BCUT2D eigenvalue weighted by Gasteiger charge is -2.38. The fourth-order valence-corrected chi connectivity index (χ4v) is 4.40. The average molecular weight is 270 g/mol. The molecule has 2 unspecified atom stereocenters. The van der Waals surface area contributed by atoms with Crippen LogP contribution in [0.1, 0.15) is 39.5 Å². The van der Waals surface area contributed by atoms with Crippen molar-refractivity contribution >= 4 is 17.7 Å². The van der Waals surface area contributed by atoms with Crippen LogP contribution in [0, 0.1) is 5.92 Å². The summed E-state index contributed by atoms with van der Waals surface area (Å²) in [6, 6.07) is 1.00. The number of rotatable bonds is 1. The molecule has 18 heavy (non-hydrogen) atoms. The van der Waals surface area contributed by atoms with Gasteiger partial charge in [0.15, 0.2) is 0 Å². The van der Waals surface area contributed by atoms with E-state index in [1.54, 1.807) is 0 Å². The Morgan fingerprint density at radius 1 is 1.06 bits per heavy atom. The molecule has 1 amide bonds. The van der Waals surface area contributed by atoms with E-state index in [0.717, 1.165) is 25.9 Å². The van der Waals surface area contributed by atoms with Gasteiger partial charge in [0.2, 0.25) is 5.91 Å². The van der Waals surface area contributed by atoms with Crippen LogP contribution in [0.5, 0.6) is 0 Å². The lowest BCUT2D eigenvalue weighted by Crippen LogP contribution is -2.55. The number of fused-ring (bicyclic) bond motifs is 2. The first-order valence-electron chi connectivity index (χ1n) is 7.47. The maximum atomic E-state index is 12.5. The minimum atomic E-state index is 0.336. The van der Waals surface area contributed by atoms with Crippen molar-refractivity contribution < 1.29 is 4.79 Å². The molecule has 0 aromatic heterocycles. The van der Waals surface area contributed by atoms with Crippen LogP contribution in [0.3, 0.4) is 0 Å². The van der Waals surface area contributed by atoms with E-state index in [2.05, 4.69) is 10.2 Å². The first-order chi connectivity index (χ1) is 8.86. The van der Waals surface area contributed by atoms with Crippen LogP contribution < -0.4 is 5.32 Å². The third-order valence-electron chi connectivity index (χ3n) is 4.20. The minimum absolute atomic E-state index is 0.336. The van der Waals surface area contributed by atoms with Gasteiger partial charge in [-0.15, -0.1) is 0 Å². The molecule has 0 saturated carbocycles. The first kappa shape index (κ1) is 14.2. The zero-order valence-electron chi connectivity index (χ0n) is 11.7. The smallest absolute Gasteiger partial charge is 0.226 e. The van der Waals surface area contributed by atoms with Gasteiger partial charge in [-0.25, -0.2) is 0 Å². The molecule has 3 rings (SSSR count). The summed E-state index contributed by atoms with van der Waals surface area (Å²) in [5, 5.41) is 3.44. The van der Waals surface area contributed by atoms with Gasteiger partial charge in [-0.05, 0) is 37.2 Å². The Balaban J connectivity index is 0.000000574. The third-order valence-corrected chi connectivity index (χ3v) is 5.25. The number of carbonyl (C=O) groups is 1. The van der Waals surface area contributed by atoms with Gasteiger partial charge in [0, 0.05) is 31.1 Å². The summed E-state index contributed by atoms with van der Waals surface area (Å²) in [6.45, 7) is 6.04. The summed E-state index contributed by atoms with van der Waals surface area (Å²) in [7, 11) is 0. The number of amides is 1. The Kier molecular flexibility index (Phi) is 5.37. The second-order valence-corrected chi connectivity index (χ2v) is 6.40. The highest BCUT2D eigenvalue weighted by Gasteiger charge is 2.41. The number of thioether (sulfide) groups is 1. The number of piperazine rings is 1. The number of hydrogen-bond acceptors (Lipinski definition) is 3. The largest absolute Gasteiger partial charge is 0.334 e. The quantitative estimate of drug-likeness (QED) is 0.792. The van der Waals surface area contributed by atoms with E-state index in [1.165, 1.54) is 24.3 Å². The van der Waals surface area contributed by atoms with Crippen LogP contribution in [-0.2, 0) is 4.79 Å². The number of hydrogen-bond donors (Lipinski definition) is 1. The Labute approximate surface area is 115 Å². The lowest BCUT2D eigenvalue weighted by molar-refractivity contribution is -0.139. The van der Waals surface area contributed by atoms with Crippen molar-refractivity contribution in [3.05, 3.63) is 0 Å². The van der Waals surface area contributed by atoms with Gasteiger partial charge < -0.3 is 10.2 Å². The van der Waals surface area contributed by atoms with E-state index in [-0.39, 0.29) is 0 Å². The molecule has 2 bridgehead atoms. The highest BCUT2D eigenvalue weighted by Crippen LogP contribution is 2.32. The Morgan fingerprint density at radius 3 is 2.17 bits per heavy atom. The molecular formula is C14H26N2OS. The summed E-state index contributed by atoms with van der Waals surface area (Å²) in [5.74, 6) is 3.16. The van der Waals surface area contributed by atoms with Crippen molar-refractivity contribution in [2.75, 3.05) is 24.6 Å². The summed E-state index contributed by atoms with van der Waals surface area (Å²) in [4.78, 5) is 14.7. The number of carbonyl (C=O) groups excluding carboxylic acids is 1. The van der Waals surface area contributed by atoms with Crippen molar-refractivity contribution in [2.24, 2.45) is 5.92 Å². The second kappa shape index (κ2) is 6.80. The van der Waals surface area contributed by atoms with E-state index in [9.17, 15) is 4.79 Å². The first-order valence-corrected chi connectivity index (χ1v) is 8.62. The fourth-order valence-electron chi connectivity index (χ4n) is 3.29. The summed E-state index contributed by atoms with van der Waals surface area (Å²) in [5.41, 5.74) is 0. The maximum Gasteiger partial charge on any atom is 0.226 e. The highest BCUT2D eigenvalue weighted by molar-refractivity contribution is 7.99. The van der Waals surface area contributed by atoms with Crippen LogP contribution in [0.15, 0.2) is 0 Å². The summed E-state index contributed by atoms with van der Waals surface area (Å²) in [6.07, 6.45) is 4.63. The SMILES string of the molecule is CC.O=C(C1CCSCC1)N1C2CCC1CNC2. The molecular weight excluding hydrogens is 244 g/mol. The van der Waals surface area contributed by atoms with Gasteiger partial charge in [0.1, 0.15) is 0 Å². The van der Waals surface area contributed by atoms with Gasteiger partial charge >= 0.3 is 0 Å². The molecule has 3 fully saturated rings. The van der Waals surface area contributed by atoms with E-state index >= 15 is 0 Å². The molecule has 0 radical (unpaired) electrons. The van der Waals surface area contributed by atoms with E-state index in [1.807, 2.05) is 25.6 Å². The van der Waals surface area contributed by atoms with Crippen molar-refractivity contribution in [2.45, 2.75) is 51.6 Å². The van der Waals surface area contributed by atoms with Gasteiger partial charge in [-0.3, -0.25) is 4.79 Å². The molecule has 0 aliphatic carbocycles. The predicted octanol–water partition coefficient (Wildman–Crippen LogP) is 2.12. The molecule has 3 aliphatic rings. The van der Waals surface area contributed by atoms with E-state index < -0.39 is 0 Å². The van der Waals surface area contributed by atoms with E-state index in [4.69, 9.17) is 0 Å². The Hall–Kier alpha value is -0.220. The molecule has 0 spiro atoms.